The van der Waals surface area contributed by atoms with E-state index in [1.54, 1.807) is 20.3 Å². The van der Waals surface area contributed by atoms with E-state index in [0.717, 1.165) is 24.1 Å². The maximum absolute atomic E-state index is 11.0. The molecular formula is C20H28N2O4. The Bertz CT molecular complexity index is 758. The average Bonchev–Trinajstić information content (AvgIpc) is 2.64. The lowest BCUT2D eigenvalue weighted by Gasteiger charge is -2.52. The van der Waals surface area contributed by atoms with Crippen LogP contribution in [-0.2, 0) is 10.2 Å². The molecule has 1 aromatic rings. The number of hydrogen-bond donors (Lipinski definition) is 2. The Hall–Kier alpha value is -2.21. The third-order valence-corrected chi connectivity index (χ3v) is 6.27. The van der Waals surface area contributed by atoms with E-state index >= 15 is 0 Å². The summed E-state index contributed by atoms with van der Waals surface area (Å²) in [7, 11) is 5.27. The lowest BCUT2D eigenvalue weighted by molar-refractivity contribution is 0.0746. The number of ether oxygens (including phenoxy) is 2. The van der Waals surface area contributed by atoms with Crippen LogP contribution in [0.3, 0.4) is 0 Å². The Morgan fingerprint density at radius 2 is 2.00 bits per heavy atom. The quantitative estimate of drug-likeness (QED) is 0.640. The highest BCUT2D eigenvalue weighted by molar-refractivity contribution is 6.00. The number of hydrogen-bond acceptors (Lipinski definition) is 6. The van der Waals surface area contributed by atoms with Crippen molar-refractivity contribution in [1.29, 1.82) is 0 Å². The van der Waals surface area contributed by atoms with Crippen molar-refractivity contribution < 1.29 is 19.8 Å². The first-order valence-electron chi connectivity index (χ1n) is 8.94. The van der Waals surface area contributed by atoms with Gasteiger partial charge in [0, 0.05) is 29.4 Å². The predicted octanol–water partition coefficient (Wildman–Crippen LogP) is 3.05. The zero-order chi connectivity index (χ0) is 19.1. The summed E-state index contributed by atoms with van der Waals surface area (Å²) in [5.41, 5.74) is 2.03. The van der Waals surface area contributed by atoms with Crippen molar-refractivity contribution in [3.8, 4) is 11.5 Å². The predicted molar refractivity (Wildman–Crippen MR) is 100 cm³/mol. The van der Waals surface area contributed by atoms with Crippen molar-refractivity contribution in [1.82, 2.24) is 4.90 Å². The number of piperidine rings is 1. The molecule has 0 aromatic heterocycles. The first-order valence-corrected chi connectivity index (χ1v) is 8.94. The van der Waals surface area contributed by atoms with Crippen molar-refractivity contribution in [3.63, 3.8) is 0 Å². The highest BCUT2D eigenvalue weighted by Gasteiger charge is 2.52. The molecule has 26 heavy (non-hydrogen) atoms. The number of nitrogens with zero attached hydrogens (tertiary/aromatic N) is 2. The van der Waals surface area contributed by atoms with Gasteiger partial charge >= 0.3 is 0 Å². The van der Waals surface area contributed by atoms with Gasteiger partial charge in [0.1, 0.15) is 11.5 Å². The molecule has 1 fully saturated rings. The minimum atomic E-state index is -0.377. The molecule has 2 N–H and O–H groups in total. The molecule has 0 saturated carbocycles. The number of likely N-dealkylation sites (tertiary alicyclic amines) is 1. The lowest BCUT2D eigenvalue weighted by Crippen LogP contribution is -2.56. The van der Waals surface area contributed by atoms with E-state index < -0.39 is 0 Å². The molecule has 6 heteroatoms. The summed E-state index contributed by atoms with van der Waals surface area (Å²) in [6.45, 7) is 5.09. The molecule has 1 aliphatic heterocycles. The fraction of sp³-hybridized carbons (Fsp3) is 0.550. The largest absolute Gasteiger partial charge is 0.504 e. The van der Waals surface area contributed by atoms with Gasteiger partial charge in [-0.1, -0.05) is 11.2 Å². The number of oxime groups is 1. The van der Waals surface area contributed by atoms with Gasteiger partial charge in [0.25, 0.3) is 0 Å². The molecule has 0 spiro atoms. The van der Waals surface area contributed by atoms with Gasteiger partial charge in [0.15, 0.2) is 11.5 Å². The van der Waals surface area contributed by atoms with Crippen molar-refractivity contribution in [3.05, 3.63) is 35.1 Å². The number of rotatable bonds is 3. The summed E-state index contributed by atoms with van der Waals surface area (Å²) in [6, 6.07) is 4.02. The third-order valence-electron chi connectivity index (χ3n) is 6.27. The summed E-state index contributed by atoms with van der Waals surface area (Å²) < 4.78 is 10.8. The van der Waals surface area contributed by atoms with Crippen LogP contribution in [0.1, 0.15) is 30.9 Å². The number of phenolic OH excluding ortho intramolecular Hbond substituents is 1. The summed E-state index contributed by atoms with van der Waals surface area (Å²) in [4.78, 5) is 2.32. The second-order valence-electron chi connectivity index (χ2n) is 7.42. The highest BCUT2D eigenvalue weighted by atomic mass is 16.5. The SMILES string of the molecule is COC1=CC2C(C)N(C)CCC2(c2c(C)ccc(OC)c2O)C/C1=N\O. The van der Waals surface area contributed by atoms with Gasteiger partial charge in [-0.05, 0) is 51.6 Å². The van der Waals surface area contributed by atoms with E-state index in [-0.39, 0.29) is 23.1 Å². The van der Waals surface area contributed by atoms with Gasteiger partial charge in [-0.3, -0.25) is 0 Å². The number of methoxy groups -OCH3 is 2. The van der Waals surface area contributed by atoms with Crippen molar-refractivity contribution in [2.75, 3.05) is 27.8 Å². The molecule has 3 atom stereocenters. The van der Waals surface area contributed by atoms with Crippen LogP contribution in [0.4, 0.5) is 0 Å². The average molecular weight is 360 g/mol. The van der Waals surface area contributed by atoms with E-state index in [2.05, 4.69) is 30.1 Å². The number of benzene rings is 1. The van der Waals surface area contributed by atoms with Gasteiger partial charge < -0.3 is 24.7 Å². The molecule has 3 rings (SSSR count). The first-order chi connectivity index (χ1) is 12.4. The second kappa shape index (κ2) is 6.83. The highest BCUT2D eigenvalue weighted by Crippen LogP contribution is 2.54. The van der Waals surface area contributed by atoms with Crippen LogP contribution in [0.5, 0.6) is 11.5 Å². The van der Waals surface area contributed by atoms with Crippen LogP contribution >= 0.6 is 0 Å². The molecule has 0 amide bonds. The molecule has 3 unspecified atom stereocenters. The number of aromatic hydroxyl groups is 1. The van der Waals surface area contributed by atoms with Crippen LogP contribution in [0.25, 0.3) is 0 Å². The normalized spacial score (nSPS) is 30.7. The summed E-state index contributed by atoms with van der Waals surface area (Å²) in [5.74, 6) is 1.36. The van der Waals surface area contributed by atoms with E-state index in [0.29, 0.717) is 23.6 Å². The monoisotopic (exact) mass is 360 g/mol. The Labute approximate surface area is 154 Å². The van der Waals surface area contributed by atoms with Crippen molar-refractivity contribution >= 4 is 5.71 Å². The Morgan fingerprint density at radius 1 is 1.27 bits per heavy atom. The molecule has 1 aromatic carbocycles. The minimum Gasteiger partial charge on any atom is -0.504 e. The Morgan fingerprint density at radius 3 is 2.62 bits per heavy atom. The van der Waals surface area contributed by atoms with Crippen LogP contribution in [0.2, 0.25) is 0 Å². The molecule has 2 aliphatic rings. The fourth-order valence-electron chi connectivity index (χ4n) is 4.75. The van der Waals surface area contributed by atoms with Crippen LogP contribution < -0.4 is 4.74 Å². The molecule has 0 radical (unpaired) electrons. The molecule has 142 valence electrons. The smallest absolute Gasteiger partial charge is 0.161 e. The number of allylic oxidation sites excluding steroid dienone is 1. The molecule has 1 saturated heterocycles. The zero-order valence-corrected chi connectivity index (χ0v) is 16.1. The molecule has 1 aliphatic carbocycles. The lowest BCUT2D eigenvalue weighted by atomic mass is 9.57. The molecular weight excluding hydrogens is 332 g/mol. The van der Waals surface area contributed by atoms with Gasteiger partial charge in [-0.15, -0.1) is 0 Å². The first kappa shape index (κ1) is 18.6. The van der Waals surface area contributed by atoms with E-state index in [9.17, 15) is 10.3 Å². The van der Waals surface area contributed by atoms with Gasteiger partial charge in [0.2, 0.25) is 0 Å². The van der Waals surface area contributed by atoms with E-state index in [1.165, 1.54) is 0 Å². The number of aryl methyl sites for hydroxylation is 1. The van der Waals surface area contributed by atoms with Crippen LogP contribution in [0.15, 0.2) is 29.1 Å². The maximum atomic E-state index is 11.0. The van der Waals surface area contributed by atoms with E-state index in [1.807, 2.05) is 13.0 Å². The molecule has 0 bridgehead atoms. The molecule has 6 nitrogen and oxygen atoms in total. The van der Waals surface area contributed by atoms with Crippen LogP contribution in [-0.4, -0.2) is 54.8 Å². The summed E-state index contributed by atoms with van der Waals surface area (Å²) in [6.07, 6.45) is 3.40. The van der Waals surface area contributed by atoms with Gasteiger partial charge in [-0.25, -0.2) is 0 Å². The fourth-order valence-corrected chi connectivity index (χ4v) is 4.75. The third kappa shape index (κ3) is 2.63. The molecule has 1 heterocycles. The topological polar surface area (TPSA) is 74.5 Å². The second-order valence-corrected chi connectivity index (χ2v) is 7.42. The number of phenols is 1. The summed E-state index contributed by atoms with van der Waals surface area (Å²) in [5, 5.41) is 24.1. The van der Waals surface area contributed by atoms with Gasteiger partial charge in [-0.2, -0.15) is 0 Å². The standard InChI is InChI=1S/C20H28N2O4/c1-12-6-7-16(25-4)19(23)18(12)20-8-9-22(3)13(2)14(20)10-17(26-5)15(11-20)21-24/h6-7,10,13-14,23-24H,8-9,11H2,1-5H3/b21-15+. The zero-order valence-electron chi connectivity index (χ0n) is 16.1. The Kier molecular flexibility index (Phi) is 4.88. The van der Waals surface area contributed by atoms with Crippen LogP contribution in [0, 0.1) is 12.8 Å². The van der Waals surface area contributed by atoms with Gasteiger partial charge in [0.05, 0.1) is 14.2 Å². The maximum Gasteiger partial charge on any atom is 0.161 e. The minimum absolute atomic E-state index is 0.110. The Balaban J connectivity index is 2.27. The summed E-state index contributed by atoms with van der Waals surface area (Å²) >= 11 is 0. The van der Waals surface area contributed by atoms with Crippen molar-refractivity contribution in [2.45, 2.75) is 38.1 Å². The van der Waals surface area contributed by atoms with E-state index in [4.69, 9.17) is 9.47 Å². The van der Waals surface area contributed by atoms with Crippen molar-refractivity contribution in [2.24, 2.45) is 11.1 Å². The number of fused-ring (bicyclic) bond motifs is 1.